The summed E-state index contributed by atoms with van der Waals surface area (Å²) in [7, 11) is 0. The number of amides is 2. The highest BCUT2D eigenvalue weighted by Gasteiger charge is 2.08. The van der Waals surface area contributed by atoms with Crippen molar-refractivity contribution in [3.05, 3.63) is 10.0 Å². The molecule has 0 aliphatic heterocycles. The summed E-state index contributed by atoms with van der Waals surface area (Å²) < 4.78 is 0. The van der Waals surface area contributed by atoms with Crippen molar-refractivity contribution < 1.29 is 9.59 Å². The molecule has 22 heavy (non-hydrogen) atoms. The number of hydrogen-bond donors (Lipinski definition) is 2. The van der Waals surface area contributed by atoms with Crippen LogP contribution in [0.5, 0.6) is 0 Å². The number of aromatic nitrogens is 4. The predicted molar refractivity (Wildman–Crippen MR) is 85.0 cm³/mol. The third kappa shape index (κ3) is 5.45. The molecule has 0 unspecified atom stereocenters. The minimum Gasteiger partial charge on any atom is -0.301 e. The van der Waals surface area contributed by atoms with Crippen LogP contribution in [-0.4, -0.2) is 32.2 Å². The molecule has 10 heteroatoms. The van der Waals surface area contributed by atoms with Gasteiger partial charge in [0.15, 0.2) is 0 Å². The number of carbonyl (C=O) groups is 2. The van der Waals surface area contributed by atoms with E-state index >= 15 is 0 Å². The first-order valence-electron chi connectivity index (χ1n) is 6.73. The molecule has 0 spiro atoms. The molecule has 0 saturated carbocycles. The van der Waals surface area contributed by atoms with Crippen molar-refractivity contribution in [2.75, 3.05) is 10.6 Å². The van der Waals surface area contributed by atoms with E-state index in [0.29, 0.717) is 35.9 Å². The number of rotatable bonds is 7. The zero-order chi connectivity index (χ0) is 15.9. The maximum absolute atomic E-state index is 11.7. The normalized spacial score (nSPS) is 10.5. The van der Waals surface area contributed by atoms with Gasteiger partial charge in [-0.25, -0.2) is 0 Å². The van der Waals surface area contributed by atoms with Gasteiger partial charge in [-0.1, -0.05) is 22.7 Å². The molecule has 0 radical (unpaired) electrons. The lowest BCUT2D eigenvalue weighted by atomic mass is 10.2. The fourth-order valence-corrected chi connectivity index (χ4v) is 2.84. The molecule has 2 heterocycles. The van der Waals surface area contributed by atoms with Gasteiger partial charge in [0.05, 0.1) is 0 Å². The lowest BCUT2D eigenvalue weighted by Crippen LogP contribution is -2.13. The van der Waals surface area contributed by atoms with Gasteiger partial charge in [-0.2, -0.15) is 0 Å². The van der Waals surface area contributed by atoms with Gasteiger partial charge in [-0.3, -0.25) is 9.59 Å². The molecule has 2 amide bonds. The third-order valence-electron chi connectivity index (χ3n) is 2.60. The number of unbranched alkanes of at least 4 members (excludes halogenated alkanes) is 1. The minimum atomic E-state index is -0.115. The summed E-state index contributed by atoms with van der Waals surface area (Å²) in [4.78, 5) is 23.3. The highest BCUT2D eigenvalue weighted by Crippen LogP contribution is 2.15. The Morgan fingerprint density at radius 3 is 1.55 bits per heavy atom. The van der Waals surface area contributed by atoms with Crippen LogP contribution in [0.3, 0.4) is 0 Å². The van der Waals surface area contributed by atoms with Crippen molar-refractivity contribution >= 4 is 44.8 Å². The van der Waals surface area contributed by atoms with Gasteiger partial charge in [-0.15, -0.1) is 20.4 Å². The topological polar surface area (TPSA) is 110 Å². The van der Waals surface area contributed by atoms with Gasteiger partial charge in [0.25, 0.3) is 0 Å². The third-order valence-corrected chi connectivity index (χ3v) is 4.11. The van der Waals surface area contributed by atoms with Crippen LogP contribution < -0.4 is 10.6 Å². The maximum Gasteiger partial charge on any atom is 0.226 e. The lowest BCUT2D eigenvalue weighted by molar-refractivity contribution is -0.118. The monoisotopic (exact) mass is 340 g/mol. The van der Waals surface area contributed by atoms with Crippen LogP contribution in [0.25, 0.3) is 0 Å². The second kappa shape index (κ2) is 7.90. The number of carbonyl (C=O) groups excluding carboxylic acids is 2. The van der Waals surface area contributed by atoms with Crippen LogP contribution in [0.4, 0.5) is 10.3 Å². The lowest BCUT2D eigenvalue weighted by Gasteiger charge is -2.02. The molecule has 2 aromatic rings. The number of aryl methyl sites for hydroxylation is 2. The van der Waals surface area contributed by atoms with Crippen molar-refractivity contribution in [2.24, 2.45) is 0 Å². The van der Waals surface area contributed by atoms with Gasteiger partial charge in [-0.05, 0) is 26.7 Å². The second-order valence-electron chi connectivity index (χ2n) is 4.56. The van der Waals surface area contributed by atoms with E-state index in [9.17, 15) is 9.59 Å². The quantitative estimate of drug-likeness (QED) is 0.747. The molecule has 0 aliphatic rings. The van der Waals surface area contributed by atoms with E-state index in [2.05, 4.69) is 31.0 Å². The highest BCUT2D eigenvalue weighted by atomic mass is 32.1. The molecule has 0 aromatic carbocycles. The molecule has 2 aromatic heterocycles. The Labute approximate surface area is 135 Å². The Morgan fingerprint density at radius 1 is 0.818 bits per heavy atom. The average Bonchev–Trinajstić information content (AvgIpc) is 3.04. The van der Waals surface area contributed by atoms with Crippen molar-refractivity contribution in [1.82, 2.24) is 20.4 Å². The Balaban J connectivity index is 1.60. The Bertz CT molecular complexity index is 597. The standard InChI is InChI=1S/C12H16N6O2S2/c1-7-15-17-11(21-7)13-9(19)5-3-4-6-10(20)14-12-18-16-8(2)22-12/h3-6H2,1-2H3,(H,13,17,19)(H,14,18,20). The van der Waals surface area contributed by atoms with E-state index in [-0.39, 0.29) is 11.8 Å². The summed E-state index contributed by atoms with van der Waals surface area (Å²) in [6.07, 6.45) is 1.96. The van der Waals surface area contributed by atoms with E-state index in [0.717, 1.165) is 10.0 Å². The molecule has 8 nitrogen and oxygen atoms in total. The molecule has 0 aliphatic carbocycles. The van der Waals surface area contributed by atoms with Crippen molar-refractivity contribution in [3.8, 4) is 0 Å². The maximum atomic E-state index is 11.7. The molecule has 0 atom stereocenters. The summed E-state index contributed by atoms with van der Waals surface area (Å²) in [5, 5.41) is 23.3. The number of anilines is 2. The molecule has 0 bridgehead atoms. The first kappa shape index (κ1) is 16.4. The van der Waals surface area contributed by atoms with Crippen molar-refractivity contribution in [3.63, 3.8) is 0 Å². The van der Waals surface area contributed by atoms with E-state index in [4.69, 9.17) is 0 Å². The molecule has 118 valence electrons. The smallest absolute Gasteiger partial charge is 0.226 e. The predicted octanol–water partition coefficient (Wildman–Crippen LogP) is 2.14. The molecule has 0 saturated heterocycles. The zero-order valence-corrected chi connectivity index (χ0v) is 13.9. The van der Waals surface area contributed by atoms with Gasteiger partial charge in [0.2, 0.25) is 22.1 Å². The fourth-order valence-electron chi connectivity index (χ4n) is 1.63. The molecule has 0 fully saturated rings. The number of hydrogen-bond acceptors (Lipinski definition) is 8. The Kier molecular flexibility index (Phi) is 5.90. The van der Waals surface area contributed by atoms with Gasteiger partial charge in [0.1, 0.15) is 10.0 Å². The molecule has 2 N–H and O–H groups in total. The highest BCUT2D eigenvalue weighted by molar-refractivity contribution is 7.15. The van der Waals surface area contributed by atoms with Crippen molar-refractivity contribution in [1.29, 1.82) is 0 Å². The van der Waals surface area contributed by atoms with Crippen LogP contribution in [0.15, 0.2) is 0 Å². The van der Waals surface area contributed by atoms with E-state index in [1.165, 1.54) is 22.7 Å². The first-order valence-corrected chi connectivity index (χ1v) is 8.36. The van der Waals surface area contributed by atoms with Crippen LogP contribution in [0.1, 0.15) is 35.7 Å². The Hall–Kier alpha value is -1.94. The zero-order valence-electron chi connectivity index (χ0n) is 12.3. The second-order valence-corrected chi connectivity index (χ2v) is 6.92. The van der Waals surface area contributed by atoms with Crippen molar-refractivity contribution in [2.45, 2.75) is 39.5 Å². The van der Waals surface area contributed by atoms with Crippen LogP contribution in [-0.2, 0) is 9.59 Å². The van der Waals surface area contributed by atoms with Crippen LogP contribution in [0, 0.1) is 13.8 Å². The average molecular weight is 340 g/mol. The molecule has 2 rings (SSSR count). The van der Waals surface area contributed by atoms with E-state index in [1.54, 1.807) is 0 Å². The van der Waals surface area contributed by atoms with E-state index in [1.807, 2.05) is 13.8 Å². The Morgan fingerprint density at radius 2 is 1.23 bits per heavy atom. The van der Waals surface area contributed by atoms with Crippen LogP contribution in [0.2, 0.25) is 0 Å². The SMILES string of the molecule is Cc1nnc(NC(=O)CCCCC(=O)Nc2nnc(C)s2)s1. The summed E-state index contributed by atoms with van der Waals surface area (Å²) in [6, 6.07) is 0. The summed E-state index contributed by atoms with van der Waals surface area (Å²) in [6.45, 7) is 3.65. The van der Waals surface area contributed by atoms with Gasteiger partial charge >= 0.3 is 0 Å². The number of nitrogens with zero attached hydrogens (tertiary/aromatic N) is 4. The summed E-state index contributed by atoms with van der Waals surface area (Å²) in [5.41, 5.74) is 0. The van der Waals surface area contributed by atoms with Gasteiger partial charge in [0, 0.05) is 12.8 Å². The summed E-state index contributed by atoms with van der Waals surface area (Å²) >= 11 is 2.67. The van der Waals surface area contributed by atoms with Crippen LogP contribution >= 0.6 is 22.7 Å². The molecular formula is C12H16N6O2S2. The first-order chi connectivity index (χ1) is 10.5. The largest absolute Gasteiger partial charge is 0.301 e. The minimum absolute atomic E-state index is 0.115. The number of nitrogens with one attached hydrogen (secondary N) is 2. The fraction of sp³-hybridized carbons (Fsp3) is 0.500. The summed E-state index contributed by atoms with van der Waals surface area (Å²) in [5.74, 6) is -0.229. The van der Waals surface area contributed by atoms with Gasteiger partial charge < -0.3 is 10.6 Å². The molecular weight excluding hydrogens is 324 g/mol. The van der Waals surface area contributed by atoms with E-state index < -0.39 is 0 Å².